The fourth-order valence-corrected chi connectivity index (χ4v) is 6.79. The van der Waals surface area contributed by atoms with Crippen LogP contribution in [0, 0.1) is 11.8 Å². The molecule has 4 aliphatic rings. The van der Waals surface area contributed by atoms with Gasteiger partial charge in [-0.05, 0) is 38.2 Å². The highest BCUT2D eigenvalue weighted by Gasteiger charge is 2.64. The molecule has 2 saturated heterocycles. The highest BCUT2D eigenvalue weighted by molar-refractivity contribution is 5.92. The molecule has 0 aromatic heterocycles. The van der Waals surface area contributed by atoms with Crippen LogP contribution < -0.4 is 0 Å². The quantitative estimate of drug-likeness (QED) is 0.430. The van der Waals surface area contributed by atoms with Gasteiger partial charge in [-0.15, -0.1) is 0 Å². The Morgan fingerprint density at radius 3 is 2.26 bits per heavy atom. The second kappa shape index (κ2) is 10.2. The molecule has 2 aromatic rings. The van der Waals surface area contributed by atoms with Gasteiger partial charge in [0.05, 0.1) is 29.1 Å². The van der Waals surface area contributed by atoms with Gasteiger partial charge in [0.25, 0.3) is 0 Å². The van der Waals surface area contributed by atoms with Crippen molar-refractivity contribution in [3.05, 3.63) is 83.4 Å². The normalized spacial score (nSPS) is 35.2. The van der Waals surface area contributed by atoms with Gasteiger partial charge in [-0.25, -0.2) is 4.79 Å². The zero-order valence-electron chi connectivity index (χ0n) is 22.6. The summed E-state index contributed by atoms with van der Waals surface area (Å²) in [4.78, 5) is 30.7. The second-order valence-electron chi connectivity index (χ2n) is 11.7. The third-order valence-corrected chi connectivity index (χ3v) is 8.72. The van der Waals surface area contributed by atoms with Gasteiger partial charge in [0.2, 0.25) is 0 Å². The van der Waals surface area contributed by atoms with E-state index in [1.54, 1.807) is 0 Å². The number of hydrogen-bond donors (Lipinski definition) is 1. The molecule has 1 aliphatic carbocycles. The zero-order valence-corrected chi connectivity index (χ0v) is 22.6. The number of rotatable bonds is 7. The van der Waals surface area contributed by atoms with Crippen molar-refractivity contribution in [2.75, 3.05) is 20.6 Å². The number of aliphatic hydroxyl groups excluding tert-OH is 1. The van der Waals surface area contributed by atoms with Gasteiger partial charge in [0.15, 0.2) is 0 Å². The highest BCUT2D eigenvalue weighted by Crippen LogP contribution is 2.50. The number of nitrogens with zero attached hydrogens (tertiary/aromatic N) is 2. The molecule has 1 N–H and O–H groups in total. The molecule has 8 nitrogen and oxygen atoms in total. The third-order valence-electron chi connectivity index (χ3n) is 8.72. The van der Waals surface area contributed by atoms with Crippen molar-refractivity contribution in [2.45, 2.75) is 62.5 Å². The minimum Gasteiger partial charge on any atom is -0.462 e. The van der Waals surface area contributed by atoms with Crippen LogP contribution in [0.25, 0.3) is 0 Å². The first-order valence-electron chi connectivity index (χ1n) is 13.7. The third kappa shape index (κ3) is 5.02. The second-order valence-corrected chi connectivity index (χ2v) is 11.7. The van der Waals surface area contributed by atoms with Crippen LogP contribution in [-0.4, -0.2) is 83.5 Å². The molecule has 8 heteroatoms. The molecule has 2 fully saturated rings. The maximum Gasteiger partial charge on any atom is 0.336 e. The summed E-state index contributed by atoms with van der Waals surface area (Å²) in [6, 6.07) is 19.4. The van der Waals surface area contributed by atoms with Crippen LogP contribution in [0.2, 0.25) is 0 Å². The van der Waals surface area contributed by atoms with E-state index in [4.69, 9.17) is 14.2 Å². The number of benzene rings is 2. The Bertz CT molecular complexity index is 1250. The van der Waals surface area contributed by atoms with Crippen molar-refractivity contribution < 1.29 is 28.9 Å². The van der Waals surface area contributed by atoms with Gasteiger partial charge >= 0.3 is 11.9 Å². The van der Waals surface area contributed by atoms with Gasteiger partial charge in [-0.2, -0.15) is 0 Å². The maximum atomic E-state index is 13.3. The van der Waals surface area contributed by atoms with E-state index in [0.717, 1.165) is 11.1 Å². The number of likely N-dealkylation sites (N-methyl/N-ethyl adjacent to an activating group) is 1. The van der Waals surface area contributed by atoms with Crippen molar-refractivity contribution in [3.8, 4) is 0 Å². The van der Waals surface area contributed by atoms with E-state index in [9.17, 15) is 14.7 Å². The van der Waals surface area contributed by atoms with Crippen LogP contribution in [0.5, 0.6) is 0 Å². The maximum absolute atomic E-state index is 13.3. The van der Waals surface area contributed by atoms with Gasteiger partial charge < -0.3 is 24.2 Å². The van der Waals surface area contributed by atoms with Gasteiger partial charge in [-0.3, -0.25) is 9.69 Å². The lowest BCUT2D eigenvalue weighted by Gasteiger charge is -2.32. The average molecular weight is 533 g/mol. The van der Waals surface area contributed by atoms with E-state index in [0.29, 0.717) is 31.6 Å². The van der Waals surface area contributed by atoms with Gasteiger partial charge in [0.1, 0.15) is 24.4 Å². The first-order chi connectivity index (χ1) is 18.7. The molecule has 206 valence electrons. The fraction of sp³-hybridized carbons (Fsp3) is 0.484. The summed E-state index contributed by atoms with van der Waals surface area (Å²) in [5, 5.41) is 11.5. The number of fused-ring (bicyclic) bond motifs is 4. The number of epoxide rings is 1. The highest BCUT2D eigenvalue weighted by atomic mass is 16.6. The molecule has 2 aromatic carbocycles. The molecule has 8 atom stereocenters. The van der Waals surface area contributed by atoms with E-state index in [-0.39, 0.29) is 11.9 Å². The molecular formula is C31H36N2O6. The van der Waals surface area contributed by atoms with Crippen molar-refractivity contribution in [3.63, 3.8) is 0 Å². The zero-order chi connectivity index (χ0) is 27.3. The molecule has 3 aliphatic heterocycles. The van der Waals surface area contributed by atoms with Crippen LogP contribution in [0.3, 0.4) is 0 Å². The average Bonchev–Trinajstić information content (AvgIpc) is 3.30. The first kappa shape index (κ1) is 26.2. The molecule has 0 saturated carbocycles. The molecule has 2 bridgehead atoms. The molecule has 0 spiro atoms. The Balaban J connectivity index is 1.30. The summed E-state index contributed by atoms with van der Waals surface area (Å²) in [5.41, 5.74) is 1.99. The Morgan fingerprint density at radius 1 is 0.949 bits per heavy atom. The van der Waals surface area contributed by atoms with Crippen LogP contribution >= 0.6 is 0 Å². The predicted molar refractivity (Wildman–Crippen MR) is 143 cm³/mol. The molecule has 0 radical (unpaired) electrons. The van der Waals surface area contributed by atoms with Crippen LogP contribution in [0.1, 0.15) is 24.5 Å². The Kier molecular flexibility index (Phi) is 6.83. The van der Waals surface area contributed by atoms with Crippen molar-refractivity contribution in [1.29, 1.82) is 0 Å². The minimum absolute atomic E-state index is 0.277. The first-order valence-corrected chi connectivity index (χ1v) is 13.7. The van der Waals surface area contributed by atoms with E-state index < -0.39 is 47.9 Å². The molecule has 39 heavy (non-hydrogen) atoms. The summed E-state index contributed by atoms with van der Waals surface area (Å²) >= 11 is 0. The minimum atomic E-state index is -0.942. The summed E-state index contributed by atoms with van der Waals surface area (Å²) < 4.78 is 18.0. The number of hydrogen-bond acceptors (Lipinski definition) is 8. The molecule has 6 rings (SSSR count). The van der Waals surface area contributed by atoms with E-state index >= 15 is 0 Å². The lowest BCUT2D eigenvalue weighted by atomic mass is 9.79. The Morgan fingerprint density at radius 2 is 1.59 bits per heavy atom. The molecular weight excluding hydrogens is 496 g/mol. The lowest BCUT2D eigenvalue weighted by Crippen LogP contribution is -2.48. The topological polar surface area (TPSA) is 91.8 Å². The smallest absolute Gasteiger partial charge is 0.336 e. The van der Waals surface area contributed by atoms with E-state index in [1.165, 1.54) is 0 Å². The Labute approximate surface area is 229 Å². The van der Waals surface area contributed by atoms with Crippen molar-refractivity contribution >= 4 is 11.9 Å². The van der Waals surface area contributed by atoms with E-state index in [2.05, 4.69) is 17.0 Å². The van der Waals surface area contributed by atoms with Crippen molar-refractivity contribution in [2.24, 2.45) is 11.8 Å². The summed E-state index contributed by atoms with van der Waals surface area (Å²) in [6.07, 6.45) is -0.240. The predicted octanol–water partition coefficient (Wildman–Crippen LogP) is 2.55. The van der Waals surface area contributed by atoms with Gasteiger partial charge in [0, 0.05) is 26.1 Å². The standard InChI is InChI=1S/C31H36N2O6/c1-31-15-24-25(22(30(36)38-24)18-32(2)16-19-10-6-4-7-11-19)23-14-21(29(35)37-23)26(27(34)28(31)39-31)33(3)17-20-12-8-5-9-13-20/h4-14,22-28,34H,15-18H2,1-3H3/t22?,23-,24+,25+,26+,27-,28+,31+/m1/s1. The van der Waals surface area contributed by atoms with Crippen molar-refractivity contribution in [1.82, 2.24) is 9.80 Å². The van der Waals surface area contributed by atoms with Crippen LogP contribution in [0.15, 0.2) is 72.3 Å². The molecule has 3 heterocycles. The Hall–Kier alpha value is -3.04. The van der Waals surface area contributed by atoms with Crippen LogP contribution in [0.4, 0.5) is 0 Å². The summed E-state index contributed by atoms with van der Waals surface area (Å²) in [6.45, 7) is 3.67. The number of ether oxygens (including phenoxy) is 3. The number of carbonyl (C=O) groups excluding carboxylic acids is 2. The number of esters is 2. The monoisotopic (exact) mass is 532 g/mol. The fourth-order valence-electron chi connectivity index (χ4n) is 6.79. The van der Waals surface area contributed by atoms with Crippen LogP contribution in [-0.2, 0) is 36.9 Å². The number of aliphatic hydroxyl groups is 1. The largest absolute Gasteiger partial charge is 0.462 e. The number of carbonyl (C=O) groups is 2. The molecule has 0 amide bonds. The van der Waals surface area contributed by atoms with Gasteiger partial charge in [-0.1, -0.05) is 60.7 Å². The molecule has 1 unspecified atom stereocenters. The summed E-state index contributed by atoms with van der Waals surface area (Å²) in [5.74, 6) is -1.53. The lowest BCUT2D eigenvalue weighted by molar-refractivity contribution is -0.145. The summed E-state index contributed by atoms with van der Waals surface area (Å²) in [7, 11) is 3.89. The SMILES string of the molecule is CN(Cc1ccccc1)CC1C(=O)O[C@H]2C[C@]3(C)O[C@H]3[C@H](O)[C@@H](N(C)Cc3ccccc3)C3=C[C@@H](OC3=O)[C@H]12. The van der Waals surface area contributed by atoms with E-state index in [1.807, 2.05) is 80.5 Å².